The number of carbonyl (C=O) groups excluding carboxylic acids is 2. The first-order valence-electron chi connectivity index (χ1n) is 12.1. The van der Waals surface area contributed by atoms with Crippen LogP contribution in [0.2, 0.25) is 0 Å². The molecule has 1 saturated heterocycles. The summed E-state index contributed by atoms with van der Waals surface area (Å²) in [7, 11) is 1.61. The minimum Gasteiger partial charge on any atom is -0.496 e. The zero-order chi connectivity index (χ0) is 24.8. The molecule has 2 heterocycles. The van der Waals surface area contributed by atoms with E-state index in [1.165, 1.54) is 0 Å². The van der Waals surface area contributed by atoms with Crippen LogP contribution < -0.4 is 14.8 Å². The van der Waals surface area contributed by atoms with Crippen LogP contribution in [0.15, 0.2) is 53.2 Å². The van der Waals surface area contributed by atoms with Gasteiger partial charge in [-0.3, -0.25) is 9.59 Å². The smallest absolute Gasteiger partial charge is 0.244 e. The van der Waals surface area contributed by atoms with E-state index in [9.17, 15) is 9.59 Å². The number of amides is 2. The molecule has 2 amide bonds. The number of methoxy groups -OCH3 is 1. The summed E-state index contributed by atoms with van der Waals surface area (Å²) >= 11 is 0. The predicted octanol–water partition coefficient (Wildman–Crippen LogP) is 5.04. The summed E-state index contributed by atoms with van der Waals surface area (Å²) in [6.45, 7) is 6.49. The van der Waals surface area contributed by atoms with Crippen LogP contribution in [0.4, 0.5) is 0 Å². The van der Waals surface area contributed by atoms with Gasteiger partial charge in [0.2, 0.25) is 11.8 Å². The monoisotopic (exact) mass is 476 g/mol. The second kappa shape index (κ2) is 11.1. The van der Waals surface area contributed by atoms with Crippen molar-refractivity contribution < 1.29 is 23.5 Å². The fraction of sp³-hybridized carbons (Fsp3) is 0.357. The summed E-state index contributed by atoms with van der Waals surface area (Å²) in [5.74, 6) is 1.50. The Bertz CT molecular complexity index is 1230. The molecule has 1 aliphatic heterocycles. The molecular formula is C28H32N2O5. The van der Waals surface area contributed by atoms with Crippen molar-refractivity contribution in [3.63, 3.8) is 0 Å². The SMILES string of the molecule is CCOc1ccc(-c2coc3cc(OC)c(/C(C)=C/C(=O)NCCCN4CCCC4=O)cc23)cc1. The first kappa shape index (κ1) is 24.4. The van der Waals surface area contributed by atoms with Crippen molar-refractivity contribution in [2.24, 2.45) is 0 Å². The number of benzene rings is 2. The van der Waals surface area contributed by atoms with Gasteiger partial charge in [-0.2, -0.15) is 0 Å². The van der Waals surface area contributed by atoms with Gasteiger partial charge < -0.3 is 24.1 Å². The van der Waals surface area contributed by atoms with Crippen molar-refractivity contribution in [3.8, 4) is 22.6 Å². The highest BCUT2D eigenvalue weighted by Crippen LogP contribution is 2.37. The van der Waals surface area contributed by atoms with Crippen LogP contribution in [0, 0.1) is 0 Å². The lowest BCUT2D eigenvalue weighted by atomic mass is 9.99. The lowest BCUT2D eigenvalue weighted by Gasteiger charge is -2.15. The number of hydrogen-bond donors (Lipinski definition) is 1. The van der Waals surface area contributed by atoms with Gasteiger partial charge in [-0.15, -0.1) is 0 Å². The molecule has 0 saturated carbocycles. The fourth-order valence-electron chi connectivity index (χ4n) is 4.40. The number of nitrogens with one attached hydrogen (secondary N) is 1. The topological polar surface area (TPSA) is 81.0 Å². The van der Waals surface area contributed by atoms with Crippen LogP contribution >= 0.6 is 0 Å². The van der Waals surface area contributed by atoms with E-state index in [-0.39, 0.29) is 11.8 Å². The van der Waals surface area contributed by atoms with Crippen LogP contribution in [0.3, 0.4) is 0 Å². The van der Waals surface area contributed by atoms with E-state index in [0.29, 0.717) is 37.4 Å². The minimum atomic E-state index is -0.170. The van der Waals surface area contributed by atoms with E-state index in [0.717, 1.165) is 52.8 Å². The standard InChI is InChI=1S/C28H32N2O5/c1-4-34-21-10-8-20(9-11-21)24-18-35-26-17-25(33-3)22(16-23(24)26)19(2)15-27(31)29-12-6-14-30-13-5-7-28(30)32/h8-11,15-18H,4-7,12-14H2,1-3H3,(H,29,31)/b19-15+. The Labute approximate surface area is 205 Å². The van der Waals surface area contributed by atoms with Crippen LogP contribution in [-0.2, 0) is 9.59 Å². The molecule has 0 atom stereocenters. The molecule has 0 unspecified atom stereocenters. The van der Waals surface area contributed by atoms with E-state index in [1.54, 1.807) is 19.4 Å². The summed E-state index contributed by atoms with van der Waals surface area (Å²) in [5.41, 5.74) is 4.30. The zero-order valence-corrected chi connectivity index (χ0v) is 20.6. The van der Waals surface area contributed by atoms with Gasteiger partial charge in [-0.1, -0.05) is 12.1 Å². The van der Waals surface area contributed by atoms with Gasteiger partial charge in [0.05, 0.1) is 20.0 Å². The Morgan fingerprint density at radius 3 is 2.71 bits per heavy atom. The van der Waals surface area contributed by atoms with Crippen molar-refractivity contribution in [2.75, 3.05) is 33.4 Å². The first-order valence-corrected chi connectivity index (χ1v) is 12.1. The molecule has 1 aliphatic rings. The fourth-order valence-corrected chi connectivity index (χ4v) is 4.40. The molecule has 1 fully saturated rings. The highest BCUT2D eigenvalue weighted by molar-refractivity contribution is 6.00. The second-order valence-corrected chi connectivity index (χ2v) is 8.61. The molecule has 7 nitrogen and oxygen atoms in total. The number of furan rings is 1. The normalized spacial score (nSPS) is 14.0. The average Bonchev–Trinajstić information content (AvgIpc) is 3.47. The molecule has 0 radical (unpaired) electrons. The molecule has 1 N–H and O–H groups in total. The van der Waals surface area contributed by atoms with Crippen molar-refractivity contribution in [1.29, 1.82) is 0 Å². The maximum atomic E-state index is 12.5. The van der Waals surface area contributed by atoms with E-state index in [1.807, 2.05) is 55.1 Å². The van der Waals surface area contributed by atoms with E-state index in [4.69, 9.17) is 13.9 Å². The zero-order valence-electron chi connectivity index (χ0n) is 20.6. The number of likely N-dealkylation sites (tertiary alicyclic amines) is 1. The Morgan fingerprint density at radius 2 is 2.03 bits per heavy atom. The quantitative estimate of drug-likeness (QED) is 0.328. The molecule has 3 aromatic rings. The number of allylic oxidation sites excluding steroid dienone is 1. The molecule has 0 bridgehead atoms. The van der Waals surface area contributed by atoms with Crippen molar-refractivity contribution in [2.45, 2.75) is 33.1 Å². The van der Waals surface area contributed by atoms with E-state index >= 15 is 0 Å². The van der Waals surface area contributed by atoms with Crippen LogP contribution in [0.25, 0.3) is 27.7 Å². The molecule has 0 spiro atoms. The lowest BCUT2D eigenvalue weighted by Crippen LogP contribution is -2.30. The van der Waals surface area contributed by atoms with Crippen molar-refractivity contribution in [3.05, 3.63) is 54.3 Å². The van der Waals surface area contributed by atoms with Gasteiger partial charge in [0.1, 0.15) is 17.1 Å². The van der Waals surface area contributed by atoms with Gasteiger partial charge in [-0.05, 0) is 56.0 Å². The third-order valence-corrected chi connectivity index (χ3v) is 6.22. The third kappa shape index (κ3) is 5.67. The summed E-state index contributed by atoms with van der Waals surface area (Å²) in [5, 5.41) is 3.86. The number of rotatable bonds is 10. The molecule has 0 aliphatic carbocycles. The third-order valence-electron chi connectivity index (χ3n) is 6.22. The number of carbonyl (C=O) groups is 2. The molecule has 4 rings (SSSR count). The van der Waals surface area contributed by atoms with Crippen LogP contribution in [0.5, 0.6) is 11.5 Å². The van der Waals surface area contributed by atoms with Gasteiger partial charge in [0, 0.05) is 54.7 Å². The number of hydrogen-bond acceptors (Lipinski definition) is 5. The Balaban J connectivity index is 1.49. The molecule has 7 heteroatoms. The van der Waals surface area contributed by atoms with Crippen molar-refractivity contribution >= 4 is 28.4 Å². The Hall–Kier alpha value is -3.74. The maximum Gasteiger partial charge on any atom is 0.244 e. The van der Waals surface area contributed by atoms with Crippen LogP contribution in [-0.4, -0.2) is 50.1 Å². The van der Waals surface area contributed by atoms with Gasteiger partial charge >= 0.3 is 0 Å². The Kier molecular flexibility index (Phi) is 7.75. The number of fused-ring (bicyclic) bond motifs is 1. The Morgan fingerprint density at radius 1 is 1.23 bits per heavy atom. The summed E-state index contributed by atoms with van der Waals surface area (Å²) in [4.78, 5) is 26.1. The van der Waals surface area contributed by atoms with E-state index in [2.05, 4.69) is 5.32 Å². The summed E-state index contributed by atoms with van der Waals surface area (Å²) in [6.07, 6.45) is 5.62. The van der Waals surface area contributed by atoms with Gasteiger partial charge in [0.15, 0.2) is 0 Å². The molecule has 2 aromatic carbocycles. The maximum absolute atomic E-state index is 12.5. The average molecular weight is 477 g/mol. The lowest BCUT2D eigenvalue weighted by molar-refractivity contribution is -0.127. The second-order valence-electron chi connectivity index (χ2n) is 8.61. The molecular weight excluding hydrogens is 444 g/mol. The van der Waals surface area contributed by atoms with Gasteiger partial charge in [0.25, 0.3) is 0 Å². The molecule has 1 aromatic heterocycles. The van der Waals surface area contributed by atoms with E-state index < -0.39 is 0 Å². The highest BCUT2D eigenvalue weighted by atomic mass is 16.5. The summed E-state index contributed by atoms with van der Waals surface area (Å²) in [6, 6.07) is 11.7. The van der Waals surface area contributed by atoms with Crippen molar-refractivity contribution in [1.82, 2.24) is 10.2 Å². The van der Waals surface area contributed by atoms with Gasteiger partial charge in [-0.25, -0.2) is 0 Å². The first-order chi connectivity index (χ1) is 17.0. The number of ether oxygens (including phenoxy) is 2. The molecule has 184 valence electrons. The minimum absolute atomic E-state index is 0.170. The predicted molar refractivity (Wildman–Crippen MR) is 136 cm³/mol. The largest absolute Gasteiger partial charge is 0.496 e. The highest BCUT2D eigenvalue weighted by Gasteiger charge is 2.19. The summed E-state index contributed by atoms with van der Waals surface area (Å²) < 4.78 is 17.0. The molecule has 35 heavy (non-hydrogen) atoms. The van der Waals surface area contributed by atoms with Crippen LogP contribution in [0.1, 0.15) is 38.7 Å². The number of nitrogens with zero attached hydrogens (tertiary/aromatic N) is 1.